The van der Waals surface area contributed by atoms with Crippen molar-refractivity contribution in [3.8, 4) is 6.07 Å². The molecule has 1 N–H and O–H groups in total. The second kappa shape index (κ2) is 7.40. The fraction of sp³-hybridized carbons (Fsp3) is 0.0588. The molecule has 0 radical (unpaired) electrons. The third-order valence-electron chi connectivity index (χ3n) is 3.22. The van der Waals surface area contributed by atoms with Crippen molar-refractivity contribution in [1.82, 2.24) is 0 Å². The van der Waals surface area contributed by atoms with E-state index in [1.165, 1.54) is 24.3 Å². The molecule has 0 aliphatic heterocycles. The molecule has 0 atom stereocenters. The number of nitrogens with one attached hydrogen (secondary N) is 1. The van der Waals surface area contributed by atoms with Gasteiger partial charge in [0.1, 0.15) is 11.6 Å². The molecule has 0 aliphatic rings. The van der Waals surface area contributed by atoms with Crippen LogP contribution < -0.4 is 5.32 Å². The molecule has 0 aromatic heterocycles. The molecule has 2 aromatic rings. The van der Waals surface area contributed by atoms with Gasteiger partial charge < -0.3 is 5.32 Å². The summed E-state index contributed by atoms with van der Waals surface area (Å²) in [7, 11) is 0. The molecule has 0 saturated carbocycles. The first kappa shape index (κ1) is 17.2. The molecule has 7 heteroatoms. The topological polar surface area (TPSA) is 96.0 Å². The Morgan fingerprint density at radius 3 is 2.67 bits per heavy atom. The van der Waals surface area contributed by atoms with Crippen LogP contribution in [0.3, 0.4) is 0 Å². The summed E-state index contributed by atoms with van der Waals surface area (Å²) in [5.41, 5.74) is 1.25. The van der Waals surface area contributed by atoms with Gasteiger partial charge in [-0.05, 0) is 30.2 Å². The molecule has 24 heavy (non-hydrogen) atoms. The van der Waals surface area contributed by atoms with Crippen LogP contribution in [0.25, 0.3) is 6.08 Å². The van der Waals surface area contributed by atoms with Crippen LogP contribution in [0, 0.1) is 28.4 Å². The smallest absolute Gasteiger partial charge is 0.270 e. The SMILES string of the molecule is Cc1cccc(Cl)c1NC(=O)/C(C#N)=C/c1cccc([N+](=O)[O-])c1. The molecule has 0 saturated heterocycles. The maximum absolute atomic E-state index is 12.3. The normalized spacial score (nSPS) is 10.8. The van der Waals surface area contributed by atoms with Crippen LogP contribution >= 0.6 is 11.6 Å². The number of hydrogen-bond acceptors (Lipinski definition) is 4. The van der Waals surface area contributed by atoms with E-state index in [1.54, 1.807) is 37.3 Å². The highest BCUT2D eigenvalue weighted by atomic mass is 35.5. The van der Waals surface area contributed by atoms with E-state index < -0.39 is 10.8 Å². The predicted octanol–water partition coefficient (Wildman–Crippen LogP) is 4.10. The molecule has 0 spiro atoms. The van der Waals surface area contributed by atoms with Crippen molar-refractivity contribution in [3.05, 3.63) is 74.3 Å². The van der Waals surface area contributed by atoms with E-state index >= 15 is 0 Å². The number of nitro groups is 1. The molecule has 0 bridgehead atoms. The summed E-state index contributed by atoms with van der Waals surface area (Å²) in [6.07, 6.45) is 1.29. The van der Waals surface area contributed by atoms with Gasteiger partial charge in [0.2, 0.25) is 0 Å². The van der Waals surface area contributed by atoms with Crippen molar-refractivity contribution in [1.29, 1.82) is 5.26 Å². The highest BCUT2D eigenvalue weighted by Crippen LogP contribution is 2.26. The Bertz CT molecular complexity index is 865. The number of benzene rings is 2. The van der Waals surface area contributed by atoms with Crippen molar-refractivity contribution in [2.45, 2.75) is 6.92 Å². The Morgan fingerprint density at radius 2 is 2.04 bits per heavy atom. The Labute approximate surface area is 143 Å². The Kier molecular flexibility index (Phi) is 5.30. The monoisotopic (exact) mass is 341 g/mol. The second-order valence-electron chi connectivity index (χ2n) is 4.91. The lowest BCUT2D eigenvalue weighted by Gasteiger charge is -2.09. The Balaban J connectivity index is 2.31. The number of nitro benzene ring substituents is 1. The van der Waals surface area contributed by atoms with E-state index in [1.807, 2.05) is 0 Å². The molecule has 6 nitrogen and oxygen atoms in total. The summed E-state index contributed by atoms with van der Waals surface area (Å²) in [6, 6.07) is 12.6. The maximum atomic E-state index is 12.3. The summed E-state index contributed by atoms with van der Waals surface area (Å²) in [6.45, 7) is 1.78. The Hall–Kier alpha value is -3.17. The molecular weight excluding hydrogens is 330 g/mol. The Morgan fingerprint density at radius 1 is 1.33 bits per heavy atom. The number of amides is 1. The van der Waals surface area contributed by atoms with E-state index in [2.05, 4.69) is 5.32 Å². The van der Waals surface area contributed by atoms with Crippen LogP contribution in [0.15, 0.2) is 48.0 Å². The van der Waals surface area contributed by atoms with Crippen molar-refractivity contribution >= 4 is 35.0 Å². The summed E-state index contributed by atoms with van der Waals surface area (Å²) >= 11 is 6.05. The highest BCUT2D eigenvalue weighted by molar-refractivity contribution is 6.34. The fourth-order valence-corrected chi connectivity index (χ4v) is 2.28. The molecule has 0 fully saturated rings. The van der Waals surface area contributed by atoms with Gasteiger partial charge in [0, 0.05) is 12.1 Å². The first-order valence-electron chi connectivity index (χ1n) is 6.85. The third kappa shape index (κ3) is 3.97. The number of para-hydroxylation sites is 1. The van der Waals surface area contributed by atoms with Crippen molar-refractivity contribution < 1.29 is 9.72 Å². The zero-order chi connectivity index (χ0) is 17.7. The number of halogens is 1. The highest BCUT2D eigenvalue weighted by Gasteiger charge is 2.13. The van der Waals surface area contributed by atoms with Crippen molar-refractivity contribution in [2.75, 3.05) is 5.32 Å². The molecule has 0 aliphatic carbocycles. The lowest BCUT2D eigenvalue weighted by molar-refractivity contribution is -0.384. The van der Waals surface area contributed by atoms with Gasteiger partial charge in [-0.1, -0.05) is 35.9 Å². The zero-order valence-electron chi connectivity index (χ0n) is 12.6. The number of anilines is 1. The lowest BCUT2D eigenvalue weighted by atomic mass is 10.1. The average molecular weight is 342 g/mol. The number of nitriles is 1. The number of rotatable bonds is 4. The predicted molar refractivity (Wildman–Crippen MR) is 91.5 cm³/mol. The van der Waals surface area contributed by atoms with Crippen LogP contribution in [0.5, 0.6) is 0 Å². The molecule has 2 aromatic carbocycles. The second-order valence-corrected chi connectivity index (χ2v) is 5.31. The standard InChI is InChI=1S/C17H12ClN3O3/c1-11-4-2-7-15(18)16(11)20-17(22)13(10-19)8-12-5-3-6-14(9-12)21(23)24/h2-9H,1H3,(H,20,22)/b13-8+. The molecule has 1 amide bonds. The minimum atomic E-state index is -0.639. The maximum Gasteiger partial charge on any atom is 0.270 e. The van der Waals surface area contributed by atoms with Gasteiger partial charge in [0.15, 0.2) is 0 Å². The van der Waals surface area contributed by atoms with Gasteiger partial charge in [-0.2, -0.15) is 5.26 Å². The van der Waals surface area contributed by atoms with Gasteiger partial charge in [0.25, 0.3) is 11.6 Å². The number of hydrogen-bond donors (Lipinski definition) is 1. The molecular formula is C17H12ClN3O3. The van der Waals surface area contributed by atoms with Gasteiger partial charge in [0.05, 0.1) is 15.6 Å². The molecule has 0 unspecified atom stereocenters. The van der Waals surface area contributed by atoms with E-state index in [9.17, 15) is 20.2 Å². The summed E-state index contributed by atoms with van der Waals surface area (Å²) in [5.74, 6) is -0.639. The lowest BCUT2D eigenvalue weighted by Crippen LogP contribution is -2.14. The van der Waals surface area contributed by atoms with Crippen LogP contribution in [0.1, 0.15) is 11.1 Å². The van der Waals surface area contributed by atoms with Crippen LogP contribution in [0.2, 0.25) is 5.02 Å². The number of aryl methyl sites for hydroxylation is 1. The molecule has 120 valence electrons. The average Bonchev–Trinajstić information content (AvgIpc) is 2.56. The van der Waals surface area contributed by atoms with Gasteiger partial charge in [-0.3, -0.25) is 14.9 Å². The van der Waals surface area contributed by atoms with Crippen molar-refractivity contribution in [2.24, 2.45) is 0 Å². The van der Waals surface area contributed by atoms with Crippen LogP contribution in [-0.2, 0) is 4.79 Å². The van der Waals surface area contributed by atoms with E-state index in [-0.39, 0.29) is 11.3 Å². The molecule has 2 rings (SSSR count). The minimum Gasteiger partial charge on any atom is -0.320 e. The van der Waals surface area contributed by atoms with E-state index in [0.29, 0.717) is 16.3 Å². The quantitative estimate of drug-likeness (QED) is 0.392. The third-order valence-corrected chi connectivity index (χ3v) is 3.53. The zero-order valence-corrected chi connectivity index (χ0v) is 13.4. The number of nitrogens with zero attached hydrogens (tertiary/aromatic N) is 2. The summed E-state index contributed by atoms with van der Waals surface area (Å²) in [4.78, 5) is 22.5. The number of carbonyl (C=O) groups is 1. The molecule has 0 heterocycles. The van der Waals surface area contributed by atoms with Crippen LogP contribution in [0.4, 0.5) is 11.4 Å². The van der Waals surface area contributed by atoms with Crippen molar-refractivity contribution in [3.63, 3.8) is 0 Å². The summed E-state index contributed by atoms with van der Waals surface area (Å²) < 4.78 is 0. The van der Waals surface area contributed by atoms with Gasteiger partial charge in [-0.15, -0.1) is 0 Å². The summed E-state index contributed by atoms with van der Waals surface area (Å²) in [5, 5.41) is 22.9. The first-order chi connectivity index (χ1) is 11.4. The first-order valence-corrected chi connectivity index (χ1v) is 7.23. The van der Waals surface area contributed by atoms with E-state index in [4.69, 9.17) is 11.6 Å². The number of non-ortho nitro benzene ring substituents is 1. The van der Waals surface area contributed by atoms with E-state index in [0.717, 1.165) is 5.56 Å². The van der Waals surface area contributed by atoms with Crippen LogP contribution in [-0.4, -0.2) is 10.8 Å². The van der Waals surface area contributed by atoms with Gasteiger partial charge >= 0.3 is 0 Å². The minimum absolute atomic E-state index is 0.122. The largest absolute Gasteiger partial charge is 0.320 e. The number of carbonyl (C=O) groups excluding carboxylic acids is 1. The van der Waals surface area contributed by atoms with Gasteiger partial charge in [-0.25, -0.2) is 0 Å². The fourth-order valence-electron chi connectivity index (χ4n) is 2.01.